The molecule has 6 heteroatoms. The summed E-state index contributed by atoms with van der Waals surface area (Å²) in [5.74, 6) is 1.19. The Morgan fingerprint density at radius 1 is 1.15 bits per heavy atom. The molecular weight excluding hydrogens is 328 g/mol. The molecule has 134 valence electrons. The van der Waals surface area contributed by atoms with Gasteiger partial charge in [-0.3, -0.25) is 9.89 Å². The molecule has 0 atom stereocenters. The zero-order valence-corrected chi connectivity index (χ0v) is 15.0. The van der Waals surface area contributed by atoms with Crippen LogP contribution in [0.1, 0.15) is 34.2 Å². The third-order valence-corrected chi connectivity index (χ3v) is 4.00. The third kappa shape index (κ3) is 4.34. The number of carbonyl (C=O) groups is 1. The molecule has 0 bridgehead atoms. The SMILES string of the molecule is CCOCc1ccccc1CNC(=O)c1cccc(-c2n[nH]c(C)n2)c1. The highest BCUT2D eigenvalue weighted by atomic mass is 16.5. The Kier molecular flexibility index (Phi) is 5.76. The van der Waals surface area contributed by atoms with E-state index < -0.39 is 0 Å². The van der Waals surface area contributed by atoms with Crippen molar-refractivity contribution in [2.24, 2.45) is 0 Å². The molecule has 0 aliphatic rings. The normalized spacial score (nSPS) is 10.7. The lowest BCUT2D eigenvalue weighted by Gasteiger charge is -2.11. The molecule has 1 amide bonds. The molecule has 1 aromatic heterocycles. The Morgan fingerprint density at radius 3 is 2.69 bits per heavy atom. The van der Waals surface area contributed by atoms with Crippen molar-refractivity contribution in [2.45, 2.75) is 27.0 Å². The van der Waals surface area contributed by atoms with Gasteiger partial charge in [-0.05, 0) is 37.1 Å². The Bertz CT molecular complexity index is 889. The van der Waals surface area contributed by atoms with E-state index in [0.29, 0.717) is 31.1 Å². The van der Waals surface area contributed by atoms with E-state index >= 15 is 0 Å². The van der Waals surface area contributed by atoms with E-state index in [2.05, 4.69) is 20.5 Å². The van der Waals surface area contributed by atoms with Crippen molar-refractivity contribution in [3.8, 4) is 11.4 Å². The van der Waals surface area contributed by atoms with E-state index in [1.54, 1.807) is 12.1 Å². The highest BCUT2D eigenvalue weighted by molar-refractivity contribution is 5.95. The van der Waals surface area contributed by atoms with E-state index in [-0.39, 0.29) is 5.91 Å². The van der Waals surface area contributed by atoms with E-state index in [0.717, 1.165) is 22.5 Å². The summed E-state index contributed by atoms with van der Waals surface area (Å²) < 4.78 is 5.49. The van der Waals surface area contributed by atoms with Gasteiger partial charge < -0.3 is 10.1 Å². The number of nitrogens with zero attached hydrogens (tertiary/aromatic N) is 2. The number of rotatable bonds is 7. The van der Waals surface area contributed by atoms with Crippen molar-refractivity contribution in [2.75, 3.05) is 6.61 Å². The fourth-order valence-corrected chi connectivity index (χ4v) is 2.63. The zero-order valence-electron chi connectivity index (χ0n) is 15.0. The van der Waals surface area contributed by atoms with Gasteiger partial charge in [0.1, 0.15) is 5.82 Å². The number of benzene rings is 2. The summed E-state index contributed by atoms with van der Waals surface area (Å²) in [5, 5.41) is 9.92. The van der Waals surface area contributed by atoms with E-state index in [4.69, 9.17) is 4.74 Å². The fraction of sp³-hybridized carbons (Fsp3) is 0.250. The van der Waals surface area contributed by atoms with Crippen molar-refractivity contribution in [3.63, 3.8) is 0 Å². The number of H-pyrrole nitrogens is 1. The summed E-state index contributed by atoms with van der Waals surface area (Å²) in [7, 11) is 0. The molecule has 0 aliphatic carbocycles. The van der Waals surface area contributed by atoms with Crippen LogP contribution >= 0.6 is 0 Å². The summed E-state index contributed by atoms with van der Waals surface area (Å²) in [6, 6.07) is 15.3. The number of hydrogen-bond donors (Lipinski definition) is 2. The van der Waals surface area contributed by atoms with Gasteiger partial charge in [-0.2, -0.15) is 5.10 Å². The number of amides is 1. The second kappa shape index (κ2) is 8.40. The Hall–Kier alpha value is -2.99. The number of aromatic nitrogens is 3. The minimum atomic E-state index is -0.134. The standard InChI is InChI=1S/C20H22N4O2/c1-3-26-13-18-8-5-4-7-17(18)12-21-20(25)16-10-6-9-15(11-16)19-22-14(2)23-24-19/h4-11H,3,12-13H2,1-2H3,(H,21,25)(H,22,23,24). The first kappa shape index (κ1) is 17.8. The Balaban J connectivity index is 1.69. The van der Waals surface area contributed by atoms with Crippen LogP contribution in [0.25, 0.3) is 11.4 Å². The smallest absolute Gasteiger partial charge is 0.251 e. The molecule has 1 heterocycles. The number of ether oxygens (including phenoxy) is 1. The predicted octanol–water partition coefficient (Wildman–Crippen LogP) is 3.25. The van der Waals surface area contributed by atoms with Crippen LogP contribution in [0.2, 0.25) is 0 Å². The quantitative estimate of drug-likeness (QED) is 0.685. The zero-order chi connectivity index (χ0) is 18.4. The molecule has 0 fully saturated rings. The molecule has 2 aromatic carbocycles. The van der Waals surface area contributed by atoms with Crippen LogP contribution in [0.15, 0.2) is 48.5 Å². The summed E-state index contributed by atoms with van der Waals surface area (Å²) in [4.78, 5) is 16.8. The maximum Gasteiger partial charge on any atom is 0.251 e. The topological polar surface area (TPSA) is 79.9 Å². The molecule has 0 spiro atoms. The molecule has 0 unspecified atom stereocenters. The summed E-state index contributed by atoms with van der Waals surface area (Å²) >= 11 is 0. The van der Waals surface area contributed by atoms with Crippen LogP contribution in [0.3, 0.4) is 0 Å². The number of hydrogen-bond acceptors (Lipinski definition) is 4. The van der Waals surface area contributed by atoms with E-state index in [9.17, 15) is 4.79 Å². The van der Waals surface area contributed by atoms with Crippen LogP contribution in [0.5, 0.6) is 0 Å². The maximum atomic E-state index is 12.5. The second-order valence-electron chi connectivity index (χ2n) is 5.91. The van der Waals surface area contributed by atoms with E-state index in [1.165, 1.54) is 0 Å². The molecule has 0 saturated heterocycles. The Morgan fingerprint density at radius 2 is 1.96 bits per heavy atom. The first-order valence-corrected chi connectivity index (χ1v) is 8.59. The van der Waals surface area contributed by atoms with E-state index in [1.807, 2.05) is 50.2 Å². The number of nitrogens with one attached hydrogen (secondary N) is 2. The first-order valence-electron chi connectivity index (χ1n) is 8.59. The van der Waals surface area contributed by atoms with Gasteiger partial charge in [-0.1, -0.05) is 36.4 Å². The van der Waals surface area contributed by atoms with Crippen molar-refractivity contribution >= 4 is 5.91 Å². The van der Waals surface area contributed by atoms with Crippen molar-refractivity contribution in [3.05, 3.63) is 71.0 Å². The van der Waals surface area contributed by atoms with Gasteiger partial charge >= 0.3 is 0 Å². The van der Waals surface area contributed by atoms with Crippen molar-refractivity contribution in [1.29, 1.82) is 0 Å². The van der Waals surface area contributed by atoms with Crippen molar-refractivity contribution < 1.29 is 9.53 Å². The van der Waals surface area contributed by atoms with Gasteiger partial charge in [-0.25, -0.2) is 4.98 Å². The van der Waals surface area contributed by atoms with Gasteiger partial charge in [0.25, 0.3) is 5.91 Å². The second-order valence-corrected chi connectivity index (χ2v) is 5.91. The molecule has 0 aliphatic heterocycles. The monoisotopic (exact) mass is 350 g/mol. The fourth-order valence-electron chi connectivity index (χ4n) is 2.63. The van der Waals surface area contributed by atoms with Crippen LogP contribution in [-0.4, -0.2) is 27.7 Å². The molecular formula is C20H22N4O2. The minimum Gasteiger partial charge on any atom is -0.377 e. The largest absolute Gasteiger partial charge is 0.377 e. The lowest BCUT2D eigenvalue weighted by atomic mass is 10.1. The van der Waals surface area contributed by atoms with Gasteiger partial charge in [0.15, 0.2) is 5.82 Å². The predicted molar refractivity (Wildman–Crippen MR) is 99.5 cm³/mol. The summed E-state index contributed by atoms with van der Waals surface area (Å²) in [5.41, 5.74) is 3.51. The number of carbonyl (C=O) groups excluding carboxylic acids is 1. The van der Waals surface area contributed by atoms with Gasteiger partial charge in [0, 0.05) is 24.3 Å². The van der Waals surface area contributed by atoms with Crippen LogP contribution < -0.4 is 5.32 Å². The maximum absolute atomic E-state index is 12.5. The van der Waals surface area contributed by atoms with Crippen LogP contribution in [0, 0.1) is 6.92 Å². The summed E-state index contributed by atoms with van der Waals surface area (Å²) in [6.45, 7) is 5.46. The first-order chi connectivity index (χ1) is 12.7. The van der Waals surface area contributed by atoms with Gasteiger partial charge in [0.05, 0.1) is 6.61 Å². The molecule has 2 N–H and O–H groups in total. The number of aryl methyl sites for hydroxylation is 1. The Labute approximate surface area is 152 Å². The number of aromatic amines is 1. The minimum absolute atomic E-state index is 0.134. The van der Waals surface area contributed by atoms with Gasteiger partial charge in [0.2, 0.25) is 0 Å². The average Bonchev–Trinajstić information content (AvgIpc) is 3.11. The third-order valence-electron chi connectivity index (χ3n) is 4.00. The van der Waals surface area contributed by atoms with Gasteiger partial charge in [-0.15, -0.1) is 0 Å². The molecule has 0 saturated carbocycles. The van der Waals surface area contributed by atoms with Crippen LogP contribution in [0.4, 0.5) is 0 Å². The van der Waals surface area contributed by atoms with Crippen molar-refractivity contribution in [1.82, 2.24) is 20.5 Å². The summed E-state index contributed by atoms with van der Waals surface area (Å²) in [6.07, 6.45) is 0. The molecule has 6 nitrogen and oxygen atoms in total. The highest BCUT2D eigenvalue weighted by Crippen LogP contribution is 2.16. The molecule has 3 aromatic rings. The highest BCUT2D eigenvalue weighted by Gasteiger charge is 2.10. The lowest BCUT2D eigenvalue weighted by molar-refractivity contribution is 0.0950. The average molecular weight is 350 g/mol. The van der Waals surface area contributed by atoms with Crippen LogP contribution in [-0.2, 0) is 17.9 Å². The lowest BCUT2D eigenvalue weighted by Crippen LogP contribution is -2.23. The molecule has 26 heavy (non-hydrogen) atoms. The molecule has 0 radical (unpaired) electrons. The molecule has 3 rings (SSSR count).